The molecule has 0 aliphatic carbocycles. The lowest BCUT2D eigenvalue weighted by Crippen LogP contribution is -2.37. The summed E-state index contributed by atoms with van der Waals surface area (Å²) < 4.78 is 13.2. The van der Waals surface area contributed by atoms with E-state index < -0.39 is 0 Å². The van der Waals surface area contributed by atoms with Gasteiger partial charge < -0.3 is 10.6 Å². The van der Waals surface area contributed by atoms with E-state index in [1.54, 1.807) is 12.1 Å². The summed E-state index contributed by atoms with van der Waals surface area (Å²) in [6.45, 7) is 9.98. The fourth-order valence-corrected chi connectivity index (χ4v) is 3.28. The third kappa shape index (κ3) is 4.50. The summed E-state index contributed by atoms with van der Waals surface area (Å²) in [5, 5.41) is 0. The Morgan fingerprint density at radius 1 is 1.38 bits per heavy atom. The molecule has 0 aromatic heterocycles. The summed E-state index contributed by atoms with van der Waals surface area (Å²) in [5.74, 6) is -0.203. The van der Waals surface area contributed by atoms with E-state index in [9.17, 15) is 4.39 Å². The fourth-order valence-electron chi connectivity index (χ4n) is 3.28. The summed E-state index contributed by atoms with van der Waals surface area (Å²) >= 11 is 0. The Labute approximate surface area is 127 Å². The van der Waals surface area contributed by atoms with Crippen molar-refractivity contribution >= 4 is 0 Å². The predicted octanol–water partition coefficient (Wildman–Crippen LogP) is 2.63. The van der Waals surface area contributed by atoms with Gasteiger partial charge in [-0.25, -0.2) is 4.39 Å². The summed E-state index contributed by atoms with van der Waals surface area (Å²) in [6, 6.07) is 7.27. The number of rotatable bonds is 7. The van der Waals surface area contributed by atoms with Crippen LogP contribution in [-0.2, 0) is 0 Å². The summed E-state index contributed by atoms with van der Waals surface area (Å²) in [5.41, 5.74) is 7.08. The van der Waals surface area contributed by atoms with Gasteiger partial charge in [0, 0.05) is 25.2 Å². The zero-order valence-electron chi connectivity index (χ0n) is 13.3. The first-order valence-electron chi connectivity index (χ1n) is 8.11. The highest BCUT2D eigenvalue weighted by Gasteiger charge is 2.26. The molecule has 0 spiro atoms. The van der Waals surface area contributed by atoms with Crippen LogP contribution < -0.4 is 5.73 Å². The van der Waals surface area contributed by atoms with E-state index in [0.29, 0.717) is 6.04 Å². The zero-order valence-corrected chi connectivity index (χ0v) is 13.3. The van der Waals surface area contributed by atoms with Crippen molar-refractivity contribution < 1.29 is 4.39 Å². The first-order chi connectivity index (χ1) is 10.1. The molecule has 0 bridgehead atoms. The van der Waals surface area contributed by atoms with Gasteiger partial charge in [-0.15, -0.1) is 0 Å². The summed E-state index contributed by atoms with van der Waals surface area (Å²) in [4.78, 5) is 5.02. The largest absolute Gasteiger partial charge is 0.324 e. The number of likely N-dealkylation sites (tertiary alicyclic amines) is 1. The van der Waals surface area contributed by atoms with Crippen LogP contribution in [0, 0.1) is 5.82 Å². The lowest BCUT2D eigenvalue weighted by Gasteiger charge is -2.26. The molecule has 2 rings (SSSR count). The molecule has 1 fully saturated rings. The predicted molar refractivity (Wildman–Crippen MR) is 85.7 cm³/mol. The van der Waals surface area contributed by atoms with Crippen LogP contribution in [0.2, 0.25) is 0 Å². The number of nitrogens with two attached hydrogens (primary N) is 1. The molecule has 118 valence electrons. The van der Waals surface area contributed by atoms with Crippen LogP contribution in [0.5, 0.6) is 0 Å². The van der Waals surface area contributed by atoms with Crippen molar-refractivity contribution in [2.24, 2.45) is 5.73 Å². The first kappa shape index (κ1) is 16.4. The van der Waals surface area contributed by atoms with Crippen LogP contribution in [0.4, 0.5) is 4.39 Å². The van der Waals surface area contributed by atoms with Gasteiger partial charge in [0.15, 0.2) is 0 Å². The smallest absolute Gasteiger partial charge is 0.123 e. The van der Waals surface area contributed by atoms with Gasteiger partial charge in [-0.05, 0) is 50.2 Å². The Bertz CT molecular complexity index is 434. The van der Waals surface area contributed by atoms with Crippen molar-refractivity contribution in [2.45, 2.75) is 38.8 Å². The van der Waals surface area contributed by atoms with Crippen LogP contribution in [0.25, 0.3) is 0 Å². The van der Waals surface area contributed by atoms with Crippen molar-refractivity contribution in [3.05, 3.63) is 35.6 Å². The minimum atomic E-state index is -0.203. The average Bonchev–Trinajstić information content (AvgIpc) is 2.95. The van der Waals surface area contributed by atoms with E-state index >= 15 is 0 Å². The lowest BCUT2D eigenvalue weighted by atomic mass is 10.0. The zero-order chi connectivity index (χ0) is 15.2. The van der Waals surface area contributed by atoms with Crippen LogP contribution in [0.1, 0.15) is 38.3 Å². The molecule has 1 aromatic rings. The summed E-state index contributed by atoms with van der Waals surface area (Å²) in [6.07, 6.45) is 2.13. The SMILES string of the molecule is CCN(CC)C1CCN(CCC(N)c2cccc(F)c2)C1. The van der Waals surface area contributed by atoms with Gasteiger partial charge in [-0.1, -0.05) is 26.0 Å². The van der Waals surface area contributed by atoms with E-state index in [1.165, 1.54) is 12.5 Å². The van der Waals surface area contributed by atoms with Crippen LogP contribution >= 0.6 is 0 Å². The first-order valence-corrected chi connectivity index (χ1v) is 8.11. The Morgan fingerprint density at radius 2 is 2.14 bits per heavy atom. The van der Waals surface area contributed by atoms with Gasteiger partial charge in [0.25, 0.3) is 0 Å². The topological polar surface area (TPSA) is 32.5 Å². The molecular formula is C17H28FN3. The fraction of sp³-hybridized carbons (Fsp3) is 0.647. The Balaban J connectivity index is 1.79. The molecule has 0 saturated carbocycles. The molecule has 1 aliphatic heterocycles. The molecule has 1 aliphatic rings. The van der Waals surface area contributed by atoms with Gasteiger partial charge in [0.1, 0.15) is 5.82 Å². The highest BCUT2D eigenvalue weighted by atomic mass is 19.1. The lowest BCUT2D eigenvalue weighted by molar-refractivity contribution is 0.209. The van der Waals surface area contributed by atoms with Crippen LogP contribution in [0.3, 0.4) is 0 Å². The highest BCUT2D eigenvalue weighted by Crippen LogP contribution is 2.19. The Morgan fingerprint density at radius 3 is 2.81 bits per heavy atom. The molecule has 1 heterocycles. The van der Waals surface area contributed by atoms with Gasteiger partial charge in [0.05, 0.1) is 0 Å². The van der Waals surface area contributed by atoms with Gasteiger partial charge in [-0.3, -0.25) is 4.90 Å². The van der Waals surface area contributed by atoms with Crippen molar-refractivity contribution in [3.63, 3.8) is 0 Å². The molecule has 21 heavy (non-hydrogen) atoms. The molecule has 2 atom stereocenters. The molecule has 1 aromatic carbocycles. The molecule has 3 nitrogen and oxygen atoms in total. The molecule has 4 heteroatoms. The second-order valence-electron chi connectivity index (χ2n) is 5.91. The summed E-state index contributed by atoms with van der Waals surface area (Å²) in [7, 11) is 0. The Hall–Kier alpha value is -0.970. The monoisotopic (exact) mass is 293 g/mol. The minimum absolute atomic E-state index is 0.0757. The number of likely N-dealkylation sites (N-methyl/N-ethyl adjacent to an activating group) is 1. The number of nitrogens with zero attached hydrogens (tertiary/aromatic N) is 2. The van der Waals surface area contributed by atoms with Gasteiger partial charge >= 0.3 is 0 Å². The van der Waals surface area contributed by atoms with Crippen molar-refractivity contribution in [3.8, 4) is 0 Å². The number of hydrogen-bond acceptors (Lipinski definition) is 3. The molecule has 2 N–H and O–H groups in total. The van der Waals surface area contributed by atoms with Crippen LogP contribution in [0.15, 0.2) is 24.3 Å². The van der Waals surface area contributed by atoms with Gasteiger partial charge in [0.2, 0.25) is 0 Å². The van der Waals surface area contributed by atoms with E-state index in [2.05, 4.69) is 23.6 Å². The highest BCUT2D eigenvalue weighted by molar-refractivity contribution is 5.19. The van der Waals surface area contributed by atoms with E-state index in [1.807, 2.05) is 6.07 Å². The van der Waals surface area contributed by atoms with Crippen molar-refractivity contribution in [1.29, 1.82) is 0 Å². The molecule has 1 saturated heterocycles. The quantitative estimate of drug-likeness (QED) is 0.839. The van der Waals surface area contributed by atoms with Crippen molar-refractivity contribution in [2.75, 3.05) is 32.7 Å². The minimum Gasteiger partial charge on any atom is -0.324 e. The van der Waals surface area contributed by atoms with Crippen LogP contribution in [-0.4, -0.2) is 48.6 Å². The maximum Gasteiger partial charge on any atom is 0.123 e. The maximum absolute atomic E-state index is 13.2. The molecular weight excluding hydrogens is 265 g/mol. The normalized spacial score (nSPS) is 21.1. The van der Waals surface area contributed by atoms with E-state index in [4.69, 9.17) is 5.73 Å². The molecule has 0 radical (unpaired) electrons. The number of halogens is 1. The third-order valence-corrected chi connectivity index (χ3v) is 4.61. The number of benzene rings is 1. The second kappa shape index (κ2) is 7.87. The second-order valence-corrected chi connectivity index (χ2v) is 5.91. The van der Waals surface area contributed by atoms with Gasteiger partial charge in [-0.2, -0.15) is 0 Å². The molecule has 0 amide bonds. The average molecular weight is 293 g/mol. The number of hydrogen-bond donors (Lipinski definition) is 1. The third-order valence-electron chi connectivity index (χ3n) is 4.61. The standard InChI is InChI=1S/C17H28FN3/c1-3-21(4-2)16-8-10-20(13-16)11-9-17(19)14-6-5-7-15(18)12-14/h5-7,12,16-17H,3-4,8-11,13,19H2,1-2H3. The van der Waals surface area contributed by atoms with E-state index in [-0.39, 0.29) is 11.9 Å². The maximum atomic E-state index is 13.2. The van der Waals surface area contributed by atoms with E-state index in [0.717, 1.165) is 44.7 Å². The Kier molecular flexibility index (Phi) is 6.15. The molecule has 2 unspecified atom stereocenters. The van der Waals surface area contributed by atoms with Crippen molar-refractivity contribution in [1.82, 2.24) is 9.80 Å².